The molecule has 2 rings (SSSR count). The summed E-state index contributed by atoms with van der Waals surface area (Å²) in [5.41, 5.74) is 0. The van der Waals surface area contributed by atoms with Crippen molar-refractivity contribution in [3.05, 3.63) is 11.9 Å². The topological polar surface area (TPSA) is 76.1 Å². The van der Waals surface area contributed by atoms with E-state index in [1.165, 1.54) is 0 Å². The van der Waals surface area contributed by atoms with Gasteiger partial charge in [0, 0.05) is 19.0 Å². The summed E-state index contributed by atoms with van der Waals surface area (Å²) in [6, 6.07) is 1.84. The number of nitrogens with zero attached hydrogens (tertiary/aromatic N) is 2. The van der Waals surface area contributed by atoms with E-state index in [0.717, 1.165) is 0 Å². The van der Waals surface area contributed by atoms with E-state index in [-0.39, 0.29) is 11.9 Å². The molecular formula is C11H16N4O2. The van der Waals surface area contributed by atoms with Crippen LogP contribution in [0.2, 0.25) is 0 Å². The molecule has 0 bridgehead atoms. The lowest BCUT2D eigenvalue weighted by Crippen LogP contribution is -2.23. The third-order valence-electron chi connectivity index (χ3n) is 2.44. The summed E-state index contributed by atoms with van der Waals surface area (Å²) >= 11 is 0. The summed E-state index contributed by atoms with van der Waals surface area (Å²) in [6.07, 6.45) is 0.479. The summed E-state index contributed by atoms with van der Waals surface area (Å²) < 4.78 is 5.34. The highest BCUT2D eigenvalue weighted by Gasteiger charge is 2.21. The Kier molecular flexibility index (Phi) is 3.41. The van der Waals surface area contributed by atoms with Gasteiger partial charge in [-0.15, -0.1) is 0 Å². The number of aryl methyl sites for hydroxylation is 1. The molecule has 0 radical (unpaired) electrons. The van der Waals surface area contributed by atoms with E-state index in [1.54, 1.807) is 6.07 Å². The molecule has 1 amide bonds. The van der Waals surface area contributed by atoms with Gasteiger partial charge < -0.3 is 15.4 Å². The molecule has 1 aliphatic heterocycles. The maximum Gasteiger partial charge on any atom is 0.222 e. The van der Waals surface area contributed by atoms with Crippen LogP contribution in [-0.4, -0.2) is 35.1 Å². The monoisotopic (exact) mass is 236 g/mol. The first kappa shape index (κ1) is 11.6. The third-order valence-corrected chi connectivity index (χ3v) is 2.44. The molecule has 0 saturated carbocycles. The molecule has 1 aliphatic rings. The van der Waals surface area contributed by atoms with Crippen molar-refractivity contribution in [1.29, 1.82) is 0 Å². The number of hydrogen-bond acceptors (Lipinski definition) is 5. The van der Waals surface area contributed by atoms with Crippen LogP contribution in [0, 0.1) is 6.92 Å². The Labute approximate surface area is 99.8 Å². The van der Waals surface area contributed by atoms with Gasteiger partial charge in [0.1, 0.15) is 11.6 Å². The molecular weight excluding hydrogens is 220 g/mol. The molecule has 2 N–H and O–H groups in total. The van der Waals surface area contributed by atoms with Crippen molar-refractivity contribution in [1.82, 2.24) is 15.3 Å². The highest BCUT2D eigenvalue weighted by molar-refractivity contribution is 5.79. The van der Waals surface area contributed by atoms with Gasteiger partial charge in [0.25, 0.3) is 0 Å². The minimum Gasteiger partial charge on any atom is -0.478 e. The van der Waals surface area contributed by atoms with Crippen LogP contribution in [0.4, 0.5) is 5.82 Å². The number of carbonyl (C=O) groups is 1. The lowest BCUT2D eigenvalue weighted by Gasteiger charge is -2.12. The average molecular weight is 236 g/mol. The first-order valence-corrected chi connectivity index (χ1v) is 5.69. The number of carbonyl (C=O) groups excluding carboxylic acids is 1. The van der Waals surface area contributed by atoms with E-state index in [9.17, 15) is 4.79 Å². The van der Waals surface area contributed by atoms with Gasteiger partial charge >= 0.3 is 0 Å². The molecule has 1 saturated heterocycles. The van der Waals surface area contributed by atoms with E-state index in [2.05, 4.69) is 20.6 Å². The normalized spacial score (nSPS) is 18.9. The summed E-state index contributed by atoms with van der Waals surface area (Å²) in [6.45, 7) is 4.92. The van der Waals surface area contributed by atoms with Gasteiger partial charge in [0.05, 0.1) is 12.6 Å². The Balaban J connectivity index is 2.07. The molecule has 6 nitrogen and oxygen atoms in total. The van der Waals surface area contributed by atoms with Gasteiger partial charge in [0.2, 0.25) is 11.8 Å². The number of anilines is 1. The van der Waals surface area contributed by atoms with Crippen LogP contribution >= 0.6 is 0 Å². The Morgan fingerprint density at radius 3 is 3.06 bits per heavy atom. The quantitative estimate of drug-likeness (QED) is 0.795. The lowest BCUT2D eigenvalue weighted by atomic mass is 10.2. The average Bonchev–Trinajstić information content (AvgIpc) is 2.63. The second-order valence-corrected chi connectivity index (χ2v) is 3.92. The number of hydrogen-bond donors (Lipinski definition) is 2. The van der Waals surface area contributed by atoms with Crippen molar-refractivity contribution in [2.75, 3.05) is 18.5 Å². The predicted octanol–water partition coefficient (Wildman–Crippen LogP) is 0.484. The van der Waals surface area contributed by atoms with E-state index in [4.69, 9.17) is 4.74 Å². The van der Waals surface area contributed by atoms with Crippen LogP contribution in [0.15, 0.2) is 6.07 Å². The van der Waals surface area contributed by atoms with Crippen molar-refractivity contribution in [2.24, 2.45) is 0 Å². The fourth-order valence-electron chi connectivity index (χ4n) is 1.75. The minimum atomic E-state index is 0.0679. The Morgan fingerprint density at radius 2 is 2.41 bits per heavy atom. The van der Waals surface area contributed by atoms with Crippen LogP contribution in [-0.2, 0) is 4.79 Å². The zero-order chi connectivity index (χ0) is 12.3. The fourth-order valence-corrected chi connectivity index (χ4v) is 1.75. The number of aromatic nitrogens is 2. The second-order valence-electron chi connectivity index (χ2n) is 3.92. The number of amides is 1. The van der Waals surface area contributed by atoms with E-state index in [1.807, 2.05) is 13.8 Å². The van der Waals surface area contributed by atoms with E-state index < -0.39 is 0 Å². The van der Waals surface area contributed by atoms with Gasteiger partial charge in [-0.2, -0.15) is 4.98 Å². The summed E-state index contributed by atoms with van der Waals surface area (Å²) in [4.78, 5) is 19.5. The van der Waals surface area contributed by atoms with Gasteiger partial charge in [0.15, 0.2) is 0 Å². The smallest absolute Gasteiger partial charge is 0.222 e. The van der Waals surface area contributed by atoms with Gasteiger partial charge in [-0.3, -0.25) is 4.79 Å². The van der Waals surface area contributed by atoms with E-state index in [0.29, 0.717) is 37.1 Å². The molecule has 6 heteroatoms. The largest absolute Gasteiger partial charge is 0.478 e. The molecule has 1 fully saturated rings. The van der Waals surface area contributed by atoms with E-state index >= 15 is 0 Å². The van der Waals surface area contributed by atoms with Crippen LogP contribution in [0.5, 0.6) is 5.88 Å². The minimum absolute atomic E-state index is 0.0679. The molecule has 1 aromatic rings. The third kappa shape index (κ3) is 3.05. The fraction of sp³-hybridized carbons (Fsp3) is 0.545. The second kappa shape index (κ2) is 4.99. The van der Waals surface area contributed by atoms with Crippen LogP contribution in [0.1, 0.15) is 19.2 Å². The lowest BCUT2D eigenvalue weighted by molar-refractivity contribution is -0.119. The summed E-state index contributed by atoms with van der Waals surface area (Å²) in [5, 5.41) is 5.96. The molecule has 0 aromatic carbocycles. The zero-order valence-electron chi connectivity index (χ0n) is 9.99. The van der Waals surface area contributed by atoms with Crippen molar-refractivity contribution in [3.63, 3.8) is 0 Å². The SMILES string of the molecule is CCOc1cc(NC2CNC(=O)C2)nc(C)n1. The van der Waals surface area contributed by atoms with Crippen molar-refractivity contribution < 1.29 is 9.53 Å². The maximum absolute atomic E-state index is 11.1. The Morgan fingerprint density at radius 1 is 1.59 bits per heavy atom. The Bertz CT molecular complexity index is 422. The van der Waals surface area contributed by atoms with Gasteiger partial charge in [-0.05, 0) is 13.8 Å². The molecule has 2 heterocycles. The Hall–Kier alpha value is -1.85. The van der Waals surface area contributed by atoms with Crippen LogP contribution in [0.3, 0.4) is 0 Å². The van der Waals surface area contributed by atoms with Crippen molar-refractivity contribution >= 4 is 11.7 Å². The molecule has 17 heavy (non-hydrogen) atoms. The molecule has 0 aliphatic carbocycles. The molecule has 0 spiro atoms. The van der Waals surface area contributed by atoms with Crippen molar-refractivity contribution in [2.45, 2.75) is 26.3 Å². The number of ether oxygens (including phenoxy) is 1. The first-order valence-electron chi connectivity index (χ1n) is 5.69. The standard InChI is InChI=1S/C11H16N4O2/c1-3-17-11-5-9(13-7(2)14-11)15-8-4-10(16)12-6-8/h5,8H,3-4,6H2,1-2H3,(H,12,16)(H,13,14,15). The highest BCUT2D eigenvalue weighted by atomic mass is 16.5. The zero-order valence-corrected chi connectivity index (χ0v) is 9.99. The van der Waals surface area contributed by atoms with Crippen LogP contribution in [0.25, 0.3) is 0 Å². The number of rotatable bonds is 4. The van der Waals surface area contributed by atoms with Gasteiger partial charge in [-0.25, -0.2) is 4.98 Å². The van der Waals surface area contributed by atoms with Crippen LogP contribution < -0.4 is 15.4 Å². The predicted molar refractivity (Wildman–Crippen MR) is 63.0 cm³/mol. The van der Waals surface area contributed by atoms with Crippen molar-refractivity contribution in [3.8, 4) is 5.88 Å². The molecule has 92 valence electrons. The molecule has 1 aromatic heterocycles. The number of nitrogens with one attached hydrogen (secondary N) is 2. The molecule has 1 atom stereocenters. The first-order chi connectivity index (χ1) is 8.17. The summed E-state index contributed by atoms with van der Waals surface area (Å²) in [5.74, 6) is 1.97. The molecule has 1 unspecified atom stereocenters. The maximum atomic E-state index is 11.1. The van der Waals surface area contributed by atoms with Gasteiger partial charge in [-0.1, -0.05) is 0 Å². The highest BCUT2D eigenvalue weighted by Crippen LogP contribution is 2.15. The summed E-state index contributed by atoms with van der Waals surface area (Å²) in [7, 11) is 0.